The minimum Gasteiger partial charge on any atom is -0.336 e. The molecule has 0 saturated heterocycles. The van der Waals surface area contributed by atoms with Crippen molar-refractivity contribution in [3.63, 3.8) is 0 Å². The molecule has 2 N–H and O–H groups in total. The number of aromatic nitrogens is 4. The zero-order valence-corrected chi connectivity index (χ0v) is 8.27. The van der Waals surface area contributed by atoms with Gasteiger partial charge in [-0.25, -0.2) is 9.97 Å². The van der Waals surface area contributed by atoms with Gasteiger partial charge in [-0.05, 0) is 24.3 Å². The van der Waals surface area contributed by atoms with Gasteiger partial charge in [-0.15, -0.1) is 0 Å². The maximum absolute atomic E-state index is 11.6. The van der Waals surface area contributed by atoms with E-state index in [1.54, 1.807) is 24.5 Å². The fourth-order valence-electron chi connectivity index (χ4n) is 1.58. The molecule has 0 unspecified atom stereocenters. The molecule has 3 heterocycles. The van der Waals surface area contributed by atoms with Crippen molar-refractivity contribution < 1.29 is 0 Å². The molecular formula is C11H8N4O. The summed E-state index contributed by atoms with van der Waals surface area (Å²) in [6.07, 6.45) is 3.26. The Hall–Kier alpha value is -2.43. The minimum absolute atomic E-state index is 0.165. The Morgan fingerprint density at radius 2 is 2.12 bits per heavy atom. The number of hydrogen-bond donors (Lipinski definition) is 2. The molecule has 16 heavy (non-hydrogen) atoms. The number of aromatic amines is 2. The van der Waals surface area contributed by atoms with Crippen LogP contribution in [0.5, 0.6) is 0 Å². The summed E-state index contributed by atoms with van der Waals surface area (Å²) in [5.74, 6) is 0.538. The second-order valence-corrected chi connectivity index (χ2v) is 3.37. The highest BCUT2D eigenvalue weighted by Crippen LogP contribution is 2.14. The predicted molar refractivity (Wildman–Crippen MR) is 59.9 cm³/mol. The van der Waals surface area contributed by atoms with Crippen molar-refractivity contribution in [1.82, 2.24) is 19.9 Å². The van der Waals surface area contributed by atoms with Gasteiger partial charge >= 0.3 is 0 Å². The highest BCUT2D eigenvalue weighted by molar-refractivity contribution is 5.75. The van der Waals surface area contributed by atoms with E-state index in [9.17, 15) is 4.79 Å². The van der Waals surface area contributed by atoms with Crippen LogP contribution in [0.1, 0.15) is 0 Å². The van der Waals surface area contributed by atoms with Crippen LogP contribution in [0.2, 0.25) is 0 Å². The fraction of sp³-hybridized carbons (Fsp3) is 0. The molecule has 5 nitrogen and oxygen atoms in total. The van der Waals surface area contributed by atoms with Gasteiger partial charge in [-0.2, -0.15) is 0 Å². The monoisotopic (exact) mass is 212 g/mol. The van der Waals surface area contributed by atoms with E-state index in [2.05, 4.69) is 19.9 Å². The van der Waals surface area contributed by atoms with E-state index in [-0.39, 0.29) is 5.56 Å². The van der Waals surface area contributed by atoms with Crippen LogP contribution in [-0.2, 0) is 0 Å². The van der Waals surface area contributed by atoms with E-state index in [0.717, 1.165) is 5.52 Å². The van der Waals surface area contributed by atoms with Gasteiger partial charge < -0.3 is 9.97 Å². The SMILES string of the molecule is O=c1[nH]cccc1-c1nc2ncccc2[nH]1. The molecule has 0 aromatic carbocycles. The van der Waals surface area contributed by atoms with Crippen LogP contribution in [-0.4, -0.2) is 19.9 Å². The number of imidazole rings is 1. The summed E-state index contributed by atoms with van der Waals surface area (Å²) in [4.78, 5) is 25.6. The molecule has 0 amide bonds. The molecule has 3 rings (SSSR count). The van der Waals surface area contributed by atoms with Crippen LogP contribution in [0.3, 0.4) is 0 Å². The van der Waals surface area contributed by atoms with Crippen molar-refractivity contribution in [2.24, 2.45) is 0 Å². The highest BCUT2D eigenvalue weighted by atomic mass is 16.1. The van der Waals surface area contributed by atoms with Gasteiger partial charge in [-0.3, -0.25) is 4.79 Å². The molecule has 0 aliphatic carbocycles. The van der Waals surface area contributed by atoms with E-state index in [1.165, 1.54) is 0 Å². The van der Waals surface area contributed by atoms with Crippen molar-refractivity contribution in [2.45, 2.75) is 0 Å². The fourth-order valence-corrected chi connectivity index (χ4v) is 1.58. The van der Waals surface area contributed by atoms with E-state index in [0.29, 0.717) is 17.0 Å². The maximum atomic E-state index is 11.6. The maximum Gasteiger partial charge on any atom is 0.258 e. The number of rotatable bonds is 1. The first-order chi connectivity index (χ1) is 7.84. The normalized spacial score (nSPS) is 10.8. The number of nitrogens with zero attached hydrogens (tertiary/aromatic N) is 2. The molecule has 3 aromatic heterocycles. The molecule has 0 radical (unpaired) electrons. The zero-order valence-electron chi connectivity index (χ0n) is 8.27. The lowest BCUT2D eigenvalue weighted by Crippen LogP contribution is -2.07. The van der Waals surface area contributed by atoms with Crippen LogP contribution in [0.25, 0.3) is 22.6 Å². The van der Waals surface area contributed by atoms with Gasteiger partial charge in [0, 0.05) is 12.4 Å². The zero-order chi connectivity index (χ0) is 11.0. The van der Waals surface area contributed by atoms with E-state index in [4.69, 9.17) is 0 Å². The summed E-state index contributed by atoms with van der Waals surface area (Å²) in [6.45, 7) is 0. The third-order valence-electron chi connectivity index (χ3n) is 2.33. The number of nitrogens with one attached hydrogen (secondary N) is 2. The van der Waals surface area contributed by atoms with Crippen LogP contribution < -0.4 is 5.56 Å². The summed E-state index contributed by atoms with van der Waals surface area (Å²) in [5, 5.41) is 0. The van der Waals surface area contributed by atoms with Crippen molar-refractivity contribution in [2.75, 3.05) is 0 Å². The van der Waals surface area contributed by atoms with Crippen molar-refractivity contribution >= 4 is 11.2 Å². The average molecular weight is 212 g/mol. The smallest absolute Gasteiger partial charge is 0.258 e. The Bertz CT molecular complexity index is 665. The Labute approximate surface area is 90.2 Å². The number of H-pyrrole nitrogens is 2. The second-order valence-electron chi connectivity index (χ2n) is 3.37. The Balaban J connectivity index is 2.27. The van der Waals surface area contributed by atoms with Crippen molar-refractivity contribution in [1.29, 1.82) is 0 Å². The molecule has 5 heteroatoms. The molecule has 0 fully saturated rings. The highest BCUT2D eigenvalue weighted by Gasteiger charge is 2.07. The van der Waals surface area contributed by atoms with Crippen LogP contribution in [0, 0.1) is 0 Å². The summed E-state index contributed by atoms with van der Waals surface area (Å²) < 4.78 is 0. The standard InChI is InChI=1S/C11H8N4O/c16-11-7(3-1-6-13-11)9-14-8-4-2-5-12-10(8)15-9/h1-6H,(H,13,16)(H,12,14,15). The first-order valence-electron chi connectivity index (χ1n) is 4.83. The van der Waals surface area contributed by atoms with E-state index >= 15 is 0 Å². The van der Waals surface area contributed by atoms with Crippen molar-refractivity contribution in [3.05, 3.63) is 47.0 Å². The largest absolute Gasteiger partial charge is 0.336 e. The van der Waals surface area contributed by atoms with Gasteiger partial charge in [0.25, 0.3) is 5.56 Å². The first kappa shape index (κ1) is 8.84. The molecule has 78 valence electrons. The third-order valence-corrected chi connectivity index (χ3v) is 2.33. The Morgan fingerprint density at radius 1 is 1.19 bits per heavy atom. The molecule has 0 atom stereocenters. The summed E-state index contributed by atoms with van der Waals surface area (Å²) >= 11 is 0. The van der Waals surface area contributed by atoms with Crippen molar-refractivity contribution in [3.8, 4) is 11.4 Å². The second kappa shape index (κ2) is 3.30. The number of pyridine rings is 2. The molecule has 3 aromatic rings. The number of hydrogen-bond acceptors (Lipinski definition) is 3. The van der Waals surface area contributed by atoms with Gasteiger partial charge in [0.05, 0.1) is 11.1 Å². The average Bonchev–Trinajstić information content (AvgIpc) is 2.73. The third kappa shape index (κ3) is 1.30. The lowest BCUT2D eigenvalue weighted by molar-refractivity contribution is 1.20. The molecular weight excluding hydrogens is 204 g/mol. The molecule has 0 aliphatic heterocycles. The van der Waals surface area contributed by atoms with Gasteiger partial charge in [-0.1, -0.05) is 0 Å². The van der Waals surface area contributed by atoms with Crippen LogP contribution >= 0.6 is 0 Å². The molecule has 0 saturated carbocycles. The minimum atomic E-state index is -0.165. The van der Waals surface area contributed by atoms with E-state index < -0.39 is 0 Å². The first-order valence-corrected chi connectivity index (χ1v) is 4.83. The number of fused-ring (bicyclic) bond motifs is 1. The Kier molecular flexibility index (Phi) is 1.83. The summed E-state index contributed by atoms with van der Waals surface area (Å²) in [6, 6.07) is 7.17. The van der Waals surface area contributed by atoms with Gasteiger partial charge in [0.2, 0.25) is 0 Å². The Morgan fingerprint density at radius 3 is 2.94 bits per heavy atom. The van der Waals surface area contributed by atoms with Crippen LogP contribution in [0.15, 0.2) is 41.5 Å². The van der Waals surface area contributed by atoms with Gasteiger partial charge in [0.1, 0.15) is 5.82 Å². The quantitative estimate of drug-likeness (QED) is 0.638. The van der Waals surface area contributed by atoms with Gasteiger partial charge in [0.15, 0.2) is 5.65 Å². The molecule has 0 bridgehead atoms. The summed E-state index contributed by atoms with van der Waals surface area (Å²) in [7, 11) is 0. The summed E-state index contributed by atoms with van der Waals surface area (Å²) in [5.41, 5.74) is 1.78. The molecule has 0 aliphatic rings. The van der Waals surface area contributed by atoms with E-state index in [1.807, 2.05) is 12.1 Å². The predicted octanol–water partition coefficient (Wildman–Crippen LogP) is 1.31. The lowest BCUT2D eigenvalue weighted by atomic mass is 10.3. The topological polar surface area (TPSA) is 74.4 Å². The lowest BCUT2D eigenvalue weighted by Gasteiger charge is -1.92. The molecule has 0 spiro atoms. The van der Waals surface area contributed by atoms with Crippen LogP contribution in [0.4, 0.5) is 0 Å².